The fourth-order valence-corrected chi connectivity index (χ4v) is 3.81. The number of carbonyl (C=O) groups excluding carboxylic acids is 3. The Morgan fingerprint density at radius 2 is 1.62 bits per heavy atom. The first kappa shape index (κ1) is 22.1. The van der Waals surface area contributed by atoms with Crippen LogP contribution in [0.25, 0.3) is 0 Å². The van der Waals surface area contributed by atoms with Gasteiger partial charge in [0.15, 0.2) is 6.61 Å². The average Bonchev–Trinajstić information content (AvgIpc) is 3.65. The molecule has 0 radical (unpaired) electrons. The molecule has 0 atom stereocenters. The molecule has 2 aliphatic rings. The van der Waals surface area contributed by atoms with Crippen molar-refractivity contribution in [3.63, 3.8) is 0 Å². The lowest BCUT2D eigenvalue weighted by molar-refractivity contribution is -0.154. The Morgan fingerprint density at radius 1 is 0.938 bits per heavy atom. The molecule has 0 aromatic heterocycles. The van der Waals surface area contributed by atoms with E-state index in [0.29, 0.717) is 48.1 Å². The molecule has 32 heavy (non-hydrogen) atoms. The monoisotopic (exact) mass is 456 g/mol. The zero-order chi connectivity index (χ0) is 22.5. The fourth-order valence-electron chi connectivity index (χ4n) is 3.64. The first-order valence-corrected chi connectivity index (χ1v) is 11.1. The van der Waals surface area contributed by atoms with Gasteiger partial charge in [0.1, 0.15) is 11.5 Å². The van der Waals surface area contributed by atoms with Crippen LogP contribution in [0.15, 0.2) is 48.5 Å². The highest BCUT2D eigenvalue weighted by molar-refractivity contribution is 6.32. The second-order valence-electron chi connectivity index (χ2n) is 8.09. The number of rotatable bonds is 7. The molecule has 2 aromatic rings. The normalized spacial score (nSPS) is 16.3. The lowest BCUT2D eigenvalue weighted by Gasteiger charge is -2.31. The van der Waals surface area contributed by atoms with Gasteiger partial charge in [-0.15, -0.1) is 0 Å². The summed E-state index contributed by atoms with van der Waals surface area (Å²) in [5, 5.41) is 3.20. The maximum atomic E-state index is 12.3. The number of carbonyl (C=O) groups is 3. The topological polar surface area (TPSA) is 84.9 Å². The van der Waals surface area contributed by atoms with Crippen molar-refractivity contribution in [1.82, 2.24) is 4.90 Å². The molecule has 2 amide bonds. The first-order valence-electron chi connectivity index (χ1n) is 10.8. The third-order valence-corrected chi connectivity index (χ3v) is 5.93. The van der Waals surface area contributed by atoms with Crippen molar-refractivity contribution in [1.29, 1.82) is 0 Å². The Kier molecular flexibility index (Phi) is 6.95. The van der Waals surface area contributed by atoms with E-state index in [2.05, 4.69) is 5.32 Å². The van der Waals surface area contributed by atoms with Gasteiger partial charge in [-0.05, 0) is 62.1 Å². The molecule has 1 N–H and O–H groups in total. The second-order valence-corrected chi connectivity index (χ2v) is 8.49. The Labute approximate surface area is 191 Å². The molecule has 1 heterocycles. The number of likely N-dealkylation sites (tertiary alicyclic amines) is 1. The minimum atomic E-state index is -0.417. The minimum absolute atomic E-state index is 0.193. The average molecular weight is 457 g/mol. The lowest BCUT2D eigenvalue weighted by atomic mass is 9.97. The highest BCUT2D eigenvalue weighted by atomic mass is 35.5. The summed E-state index contributed by atoms with van der Waals surface area (Å²) in [6.45, 7) is 0.797. The smallest absolute Gasteiger partial charge is 0.309 e. The van der Waals surface area contributed by atoms with Crippen LogP contribution in [0, 0.1) is 11.8 Å². The Hall–Kier alpha value is -3.06. The fraction of sp³-hybridized carbons (Fsp3) is 0.375. The van der Waals surface area contributed by atoms with Crippen LogP contribution in [0.1, 0.15) is 25.7 Å². The highest BCUT2D eigenvalue weighted by Crippen LogP contribution is 2.32. The van der Waals surface area contributed by atoms with E-state index in [0.717, 1.165) is 12.8 Å². The van der Waals surface area contributed by atoms with Gasteiger partial charge in [-0.2, -0.15) is 0 Å². The van der Waals surface area contributed by atoms with Crippen LogP contribution in [0.2, 0.25) is 5.02 Å². The number of halogens is 1. The van der Waals surface area contributed by atoms with Crippen LogP contribution in [-0.4, -0.2) is 42.4 Å². The third kappa shape index (κ3) is 5.79. The van der Waals surface area contributed by atoms with E-state index in [1.807, 2.05) is 17.0 Å². The van der Waals surface area contributed by atoms with E-state index in [4.69, 9.17) is 21.1 Å². The molecule has 1 aliphatic carbocycles. The van der Waals surface area contributed by atoms with Crippen molar-refractivity contribution in [3.05, 3.63) is 53.6 Å². The quantitative estimate of drug-likeness (QED) is 0.629. The van der Waals surface area contributed by atoms with Crippen molar-refractivity contribution in [2.75, 3.05) is 25.0 Å². The lowest BCUT2D eigenvalue weighted by Crippen LogP contribution is -2.41. The van der Waals surface area contributed by atoms with Gasteiger partial charge in [0, 0.05) is 24.7 Å². The van der Waals surface area contributed by atoms with Crippen LogP contribution in [0.4, 0.5) is 5.69 Å². The van der Waals surface area contributed by atoms with Crippen LogP contribution < -0.4 is 10.1 Å². The number of hydrogen-bond acceptors (Lipinski definition) is 5. The Morgan fingerprint density at radius 3 is 2.28 bits per heavy atom. The van der Waals surface area contributed by atoms with Crippen molar-refractivity contribution in [2.45, 2.75) is 25.7 Å². The summed E-state index contributed by atoms with van der Waals surface area (Å²) in [7, 11) is 0. The van der Waals surface area contributed by atoms with Gasteiger partial charge >= 0.3 is 5.97 Å². The second kappa shape index (κ2) is 10.0. The number of nitrogens with one attached hydrogen (secondary N) is 1. The predicted molar refractivity (Wildman–Crippen MR) is 120 cm³/mol. The van der Waals surface area contributed by atoms with E-state index in [9.17, 15) is 14.4 Å². The van der Waals surface area contributed by atoms with Crippen molar-refractivity contribution in [3.8, 4) is 11.5 Å². The summed E-state index contributed by atoms with van der Waals surface area (Å²) in [5.74, 6) is 0.446. The summed E-state index contributed by atoms with van der Waals surface area (Å²) in [6.07, 6.45) is 3.11. The zero-order valence-electron chi connectivity index (χ0n) is 17.6. The Balaban J connectivity index is 1.19. The van der Waals surface area contributed by atoms with Gasteiger partial charge in [0.2, 0.25) is 5.91 Å². The standard InChI is InChI=1S/C24H25ClN2O5/c25-20-3-1-2-4-21(20)32-19-9-7-18(8-10-19)26-22(28)15-31-24(30)17-11-13-27(14-12-17)23(29)16-5-6-16/h1-4,7-10,16-17H,5-6,11-15H2,(H,26,28). The number of anilines is 1. The summed E-state index contributed by atoms with van der Waals surface area (Å²) in [6, 6.07) is 14.0. The molecule has 2 fully saturated rings. The molecule has 0 unspecified atom stereocenters. The molecule has 168 valence electrons. The van der Waals surface area contributed by atoms with E-state index >= 15 is 0 Å². The molecule has 0 bridgehead atoms. The zero-order valence-corrected chi connectivity index (χ0v) is 18.3. The number of hydrogen-bond donors (Lipinski definition) is 1. The van der Waals surface area contributed by atoms with Gasteiger partial charge < -0.3 is 19.7 Å². The maximum Gasteiger partial charge on any atom is 0.309 e. The van der Waals surface area contributed by atoms with Gasteiger partial charge in [0.25, 0.3) is 5.91 Å². The molecule has 0 spiro atoms. The van der Waals surface area contributed by atoms with Gasteiger partial charge in [0.05, 0.1) is 10.9 Å². The van der Waals surface area contributed by atoms with E-state index in [-0.39, 0.29) is 30.3 Å². The number of benzene rings is 2. The molecule has 1 saturated carbocycles. The summed E-state index contributed by atoms with van der Waals surface area (Å²) < 4.78 is 10.9. The number of esters is 1. The summed E-state index contributed by atoms with van der Waals surface area (Å²) in [4.78, 5) is 38.4. The van der Waals surface area contributed by atoms with Crippen LogP contribution >= 0.6 is 11.6 Å². The number of para-hydroxylation sites is 1. The van der Waals surface area contributed by atoms with Gasteiger partial charge in [-0.1, -0.05) is 23.7 Å². The summed E-state index contributed by atoms with van der Waals surface area (Å²) >= 11 is 6.09. The predicted octanol–water partition coefficient (Wildman–Crippen LogP) is 4.26. The first-order chi connectivity index (χ1) is 15.5. The van der Waals surface area contributed by atoms with Crippen LogP contribution in [-0.2, 0) is 19.1 Å². The highest BCUT2D eigenvalue weighted by Gasteiger charge is 2.36. The minimum Gasteiger partial charge on any atom is -0.456 e. The molecule has 2 aromatic carbocycles. The van der Waals surface area contributed by atoms with Crippen LogP contribution in [0.5, 0.6) is 11.5 Å². The maximum absolute atomic E-state index is 12.3. The van der Waals surface area contributed by atoms with Crippen LogP contribution in [0.3, 0.4) is 0 Å². The van der Waals surface area contributed by atoms with Crippen molar-refractivity contribution in [2.24, 2.45) is 11.8 Å². The molecule has 7 nitrogen and oxygen atoms in total. The van der Waals surface area contributed by atoms with E-state index in [1.54, 1.807) is 36.4 Å². The van der Waals surface area contributed by atoms with Gasteiger partial charge in [-0.3, -0.25) is 14.4 Å². The number of piperidine rings is 1. The summed E-state index contributed by atoms with van der Waals surface area (Å²) in [5.41, 5.74) is 0.560. The van der Waals surface area contributed by atoms with Gasteiger partial charge in [-0.25, -0.2) is 0 Å². The van der Waals surface area contributed by atoms with E-state index in [1.165, 1.54) is 0 Å². The van der Waals surface area contributed by atoms with Crippen molar-refractivity contribution < 1.29 is 23.9 Å². The Bertz CT molecular complexity index is 982. The number of ether oxygens (including phenoxy) is 2. The molecule has 8 heteroatoms. The van der Waals surface area contributed by atoms with Crippen molar-refractivity contribution >= 4 is 35.1 Å². The molecule has 1 aliphatic heterocycles. The SMILES string of the molecule is O=C(COC(=O)C1CCN(C(=O)C2CC2)CC1)Nc1ccc(Oc2ccccc2Cl)cc1. The number of amides is 2. The number of nitrogens with zero attached hydrogens (tertiary/aromatic N) is 1. The molecule has 4 rings (SSSR count). The molecular formula is C24H25ClN2O5. The molecular weight excluding hydrogens is 432 g/mol. The van der Waals surface area contributed by atoms with E-state index < -0.39 is 5.91 Å². The molecule has 1 saturated heterocycles. The largest absolute Gasteiger partial charge is 0.456 e. The third-order valence-electron chi connectivity index (χ3n) is 5.61.